The minimum absolute atomic E-state index is 0.164. The summed E-state index contributed by atoms with van der Waals surface area (Å²) < 4.78 is 40.6. The summed E-state index contributed by atoms with van der Waals surface area (Å²) in [6.07, 6.45) is 0.886. The maximum Gasteiger partial charge on any atom is 0.416 e. The van der Waals surface area contributed by atoms with Crippen LogP contribution < -0.4 is 5.32 Å². The minimum atomic E-state index is -4.46. The van der Waals surface area contributed by atoms with Crippen molar-refractivity contribution in [1.29, 1.82) is 0 Å². The zero-order valence-electron chi connectivity index (χ0n) is 12.7. The van der Waals surface area contributed by atoms with Crippen LogP contribution in [-0.2, 0) is 12.6 Å². The van der Waals surface area contributed by atoms with E-state index in [0.29, 0.717) is 30.2 Å². The van der Waals surface area contributed by atoms with E-state index in [1.807, 2.05) is 0 Å². The van der Waals surface area contributed by atoms with Gasteiger partial charge in [0.15, 0.2) is 0 Å². The van der Waals surface area contributed by atoms with Crippen molar-refractivity contribution >= 4 is 17.4 Å². The summed E-state index contributed by atoms with van der Waals surface area (Å²) in [5.41, 5.74) is 1.41. The Bertz CT molecular complexity index is 937. The molecule has 0 atom stereocenters. The predicted molar refractivity (Wildman–Crippen MR) is 86.8 cm³/mol. The van der Waals surface area contributed by atoms with Gasteiger partial charge in [0.25, 0.3) is 0 Å². The van der Waals surface area contributed by atoms with Crippen molar-refractivity contribution in [3.8, 4) is 17.1 Å². The van der Waals surface area contributed by atoms with Gasteiger partial charge in [-0.2, -0.15) is 18.3 Å². The van der Waals surface area contributed by atoms with Gasteiger partial charge in [0, 0.05) is 24.5 Å². The number of nitrogens with one attached hydrogen (secondary N) is 1. The molecule has 1 aromatic carbocycles. The number of fused-ring (bicyclic) bond motifs is 1. The van der Waals surface area contributed by atoms with Crippen molar-refractivity contribution in [2.45, 2.75) is 12.6 Å². The molecule has 1 N–H and O–H groups in total. The Labute approximate surface area is 145 Å². The molecule has 9 heteroatoms. The molecule has 0 amide bonds. The normalized spacial score (nSPS) is 13.6. The highest BCUT2D eigenvalue weighted by Gasteiger charge is 2.32. The van der Waals surface area contributed by atoms with Gasteiger partial charge in [-0.05, 0) is 24.6 Å². The minimum Gasteiger partial charge on any atom is -0.369 e. The van der Waals surface area contributed by atoms with Crippen LogP contribution in [0, 0.1) is 0 Å². The molecule has 0 fully saturated rings. The van der Waals surface area contributed by atoms with E-state index in [-0.39, 0.29) is 10.7 Å². The highest BCUT2D eigenvalue weighted by molar-refractivity contribution is 6.32. The fraction of sp³-hybridized carbons (Fsp3) is 0.188. The van der Waals surface area contributed by atoms with Crippen LogP contribution in [-0.4, -0.2) is 26.3 Å². The van der Waals surface area contributed by atoms with E-state index >= 15 is 0 Å². The maximum absolute atomic E-state index is 13.1. The molecular formula is C16H11ClF3N5. The van der Waals surface area contributed by atoms with Crippen LogP contribution in [0.5, 0.6) is 0 Å². The molecule has 0 spiro atoms. The maximum atomic E-state index is 13.1. The standard InChI is InChI=1S/C16H11ClF3N5/c17-11-2-1-9(16(18,19)20)7-13(11)25-15-10(3-4-23-15)14(24-25)12-8-21-5-6-22-12/h1-2,5-8,23H,3-4H2. The Balaban J connectivity index is 1.91. The second kappa shape index (κ2) is 5.73. The molecule has 0 bridgehead atoms. The van der Waals surface area contributed by atoms with Gasteiger partial charge in [0.05, 0.1) is 22.5 Å². The van der Waals surface area contributed by atoms with Crippen LogP contribution in [0.4, 0.5) is 19.0 Å². The van der Waals surface area contributed by atoms with Gasteiger partial charge in [0.1, 0.15) is 17.2 Å². The molecule has 0 saturated heterocycles. The molecule has 0 aliphatic carbocycles. The lowest BCUT2D eigenvalue weighted by atomic mass is 10.1. The zero-order chi connectivity index (χ0) is 17.6. The number of alkyl halides is 3. The van der Waals surface area contributed by atoms with Crippen molar-refractivity contribution in [3.63, 3.8) is 0 Å². The average Bonchev–Trinajstić information content (AvgIpc) is 3.17. The third kappa shape index (κ3) is 2.72. The molecule has 1 aliphatic rings. The summed E-state index contributed by atoms with van der Waals surface area (Å²) in [6.45, 7) is 0.664. The summed E-state index contributed by atoms with van der Waals surface area (Å²) in [5, 5.41) is 7.79. The Morgan fingerprint density at radius 3 is 2.76 bits per heavy atom. The van der Waals surface area contributed by atoms with Crippen molar-refractivity contribution in [2.75, 3.05) is 11.9 Å². The summed E-state index contributed by atoms with van der Waals surface area (Å²) in [5.74, 6) is 0.627. The van der Waals surface area contributed by atoms with E-state index in [2.05, 4.69) is 20.4 Å². The van der Waals surface area contributed by atoms with Gasteiger partial charge < -0.3 is 5.32 Å². The van der Waals surface area contributed by atoms with E-state index in [1.54, 1.807) is 18.6 Å². The molecule has 0 radical (unpaired) electrons. The second-order valence-corrected chi connectivity index (χ2v) is 5.93. The SMILES string of the molecule is FC(F)(F)c1ccc(Cl)c(-n2nc(-c3cnccn3)c3c2NCC3)c1. The van der Waals surface area contributed by atoms with Gasteiger partial charge in [-0.3, -0.25) is 9.97 Å². The highest BCUT2D eigenvalue weighted by Crippen LogP contribution is 2.37. The number of anilines is 1. The fourth-order valence-electron chi connectivity index (χ4n) is 2.83. The van der Waals surface area contributed by atoms with E-state index in [0.717, 1.165) is 17.7 Å². The number of hydrogen-bond acceptors (Lipinski definition) is 4. The summed E-state index contributed by atoms with van der Waals surface area (Å²) in [7, 11) is 0. The predicted octanol–water partition coefficient (Wildman–Crippen LogP) is 3.97. The topological polar surface area (TPSA) is 55.6 Å². The number of benzene rings is 1. The lowest BCUT2D eigenvalue weighted by Gasteiger charge is -2.12. The molecule has 25 heavy (non-hydrogen) atoms. The number of nitrogens with zero attached hydrogens (tertiary/aromatic N) is 4. The summed E-state index contributed by atoms with van der Waals surface area (Å²) in [4.78, 5) is 8.26. The monoisotopic (exact) mass is 365 g/mol. The van der Waals surface area contributed by atoms with Gasteiger partial charge in [-0.1, -0.05) is 11.6 Å². The number of halogens is 4. The Morgan fingerprint density at radius 2 is 2.04 bits per heavy atom. The summed E-state index contributed by atoms with van der Waals surface area (Å²) >= 11 is 6.15. The molecule has 3 aromatic rings. The van der Waals surface area contributed by atoms with Crippen LogP contribution in [0.3, 0.4) is 0 Å². The van der Waals surface area contributed by atoms with Crippen LogP contribution in [0.2, 0.25) is 5.02 Å². The molecule has 4 rings (SSSR count). The van der Waals surface area contributed by atoms with Gasteiger partial charge in [-0.15, -0.1) is 0 Å². The molecule has 1 aliphatic heterocycles. The van der Waals surface area contributed by atoms with E-state index in [1.165, 1.54) is 10.7 Å². The van der Waals surface area contributed by atoms with Crippen molar-refractivity contribution in [1.82, 2.24) is 19.7 Å². The lowest BCUT2D eigenvalue weighted by Crippen LogP contribution is -2.09. The second-order valence-electron chi connectivity index (χ2n) is 5.52. The van der Waals surface area contributed by atoms with Crippen molar-refractivity contribution < 1.29 is 13.2 Å². The van der Waals surface area contributed by atoms with Gasteiger partial charge in [-0.25, -0.2) is 4.68 Å². The van der Waals surface area contributed by atoms with E-state index < -0.39 is 11.7 Å². The molecule has 0 unspecified atom stereocenters. The van der Waals surface area contributed by atoms with Crippen LogP contribution in [0.25, 0.3) is 17.1 Å². The quantitative estimate of drug-likeness (QED) is 0.746. The Morgan fingerprint density at radius 1 is 1.20 bits per heavy atom. The van der Waals surface area contributed by atoms with Crippen molar-refractivity contribution in [3.05, 3.63) is 52.9 Å². The first-order valence-electron chi connectivity index (χ1n) is 7.44. The molecule has 0 saturated carbocycles. The molecule has 5 nitrogen and oxygen atoms in total. The average molecular weight is 366 g/mol. The number of aromatic nitrogens is 4. The van der Waals surface area contributed by atoms with E-state index in [4.69, 9.17) is 11.6 Å². The van der Waals surface area contributed by atoms with Crippen molar-refractivity contribution in [2.24, 2.45) is 0 Å². The lowest BCUT2D eigenvalue weighted by molar-refractivity contribution is -0.137. The summed E-state index contributed by atoms with van der Waals surface area (Å²) in [6, 6.07) is 3.17. The van der Waals surface area contributed by atoms with Gasteiger partial charge in [0.2, 0.25) is 0 Å². The smallest absolute Gasteiger partial charge is 0.369 e. The first-order valence-corrected chi connectivity index (χ1v) is 7.82. The Hall–Kier alpha value is -2.61. The van der Waals surface area contributed by atoms with Crippen LogP contribution >= 0.6 is 11.6 Å². The molecule has 3 heterocycles. The Kier molecular flexibility index (Phi) is 3.64. The van der Waals surface area contributed by atoms with Gasteiger partial charge >= 0.3 is 6.18 Å². The van der Waals surface area contributed by atoms with Crippen LogP contribution in [0.1, 0.15) is 11.1 Å². The largest absolute Gasteiger partial charge is 0.416 e. The highest BCUT2D eigenvalue weighted by atomic mass is 35.5. The molecular weight excluding hydrogens is 355 g/mol. The first kappa shape index (κ1) is 15.9. The van der Waals surface area contributed by atoms with Crippen LogP contribution in [0.15, 0.2) is 36.8 Å². The zero-order valence-corrected chi connectivity index (χ0v) is 13.4. The molecule has 128 valence electrons. The fourth-order valence-corrected chi connectivity index (χ4v) is 3.03. The molecule has 2 aromatic heterocycles. The number of hydrogen-bond donors (Lipinski definition) is 1. The third-order valence-corrected chi connectivity index (χ3v) is 4.28. The van der Waals surface area contributed by atoms with E-state index in [9.17, 15) is 13.2 Å². The number of rotatable bonds is 2. The first-order chi connectivity index (χ1) is 11.9. The third-order valence-electron chi connectivity index (χ3n) is 3.96.